The molecule has 6 heteroatoms. The minimum atomic E-state index is -3.34. The zero-order valence-electron chi connectivity index (χ0n) is 12.3. The molecule has 0 atom stereocenters. The Labute approximate surface area is 130 Å². The van der Waals surface area contributed by atoms with Crippen molar-refractivity contribution in [2.75, 3.05) is 24.1 Å². The number of hydrogen-bond donors (Lipinski definition) is 2. The summed E-state index contributed by atoms with van der Waals surface area (Å²) in [5.41, 5.74) is 3.34. The van der Waals surface area contributed by atoms with Crippen LogP contribution in [0.4, 0.5) is 5.69 Å². The van der Waals surface area contributed by atoms with Gasteiger partial charge in [-0.15, -0.1) is 0 Å². The zero-order chi connectivity index (χ0) is 15.6. The third kappa shape index (κ3) is 3.23. The highest BCUT2D eigenvalue weighted by Crippen LogP contribution is 2.38. The van der Waals surface area contributed by atoms with E-state index in [0.717, 1.165) is 41.8 Å². The molecule has 0 bridgehead atoms. The Hall–Kier alpha value is -2.05. The van der Waals surface area contributed by atoms with Crippen molar-refractivity contribution >= 4 is 15.7 Å². The Balaban J connectivity index is 2.13. The van der Waals surface area contributed by atoms with Crippen molar-refractivity contribution in [3.63, 3.8) is 0 Å². The lowest BCUT2D eigenvalue weighted by atomic mass is 10.00. The third-order valence-electron chi connectivity index (χ3n) is 3.45. The first-order valence-electron chi connectivity index (χ1n) is 7.07. The van der Waals surface area contributed by atoms with Crippen LogP contribution < -0.4 is 14.8 Å². The number of sulfonamides is 1. The largest absolute Gasteiger partial charge is 0.491 e. The molecule has 0 aromatic heterocycles. The van der Waals surface area contributed by atoms with Crippen molar-refractivity contribution in [1.29, 1.82) is 0 Å². The van der Waals surface area contributed by atoms with Gasteiger partial charge in [0, 0.05) is 29.8 Å². The van der Waals surface area contributed by atoms with E-state index >= 15 is 0 Å². The molecule has 0 saturated carbocycles. The molecule has 5 nitrogen and oxygen atoms in total. The number of nitrogens with one attached hydrogen (secondary N) is 2. The van der Waals surface area contributed by atoms with Crippen LogP contribution in [0.15, 0.2) is 42.5 Å². The van der Waals surface area contributed by atoms with E-state index < -0.39 is 10.0 Å². The number of anilines is 1. The van der Waals surface area contributed by atoms with Gasteiger partial charge in [-0.3, -0.25) is 4.72 Å². The van der Waals surface area contributed by atoms with Gasteiger partial charge >= 0.3 is 0 Å². The van der Waals surface area contributed by atoms with Crippen LogP contribution in [0, 0.1) is 0 Å². The molecule has 0 unspecified atom stereocenters. The Morgan fingerprint density at radius 2 is 1.86 bits per heavy atom. The molecule has 0 saturated heterocycles. The van der Waals surface area contributed by atoms with Crippen LogP contribution in [0.25, 0.3) is 11.1 Å². The Kier molecular flexibility index (Phi) is 4.04. The number of ether oxygens (including phenoxy) is 1. The molecule has 0 aliphatic carbocycles. The lowest BCUT2D eigenvalue weighted by Gasteiger charge is -2.16. The molecule has 0 fully saturated rings. The summed E-state index contributed by atoms with van der Waals surface area (Å²) >= 11 is 0. The molecule has 22 heavy (non-hydrogen) atoms. The summed E-state index contributed by atoms with van der Waals surface area (Å²) in [6, 6.07) is 13.3. The van der Waals surface area contributed by atoms with Crippen LogP contribution in [-0.4, -0.2) is 27.8 Å². The van der Waals surface area contributed by atoms with Crippen LogP contribution in [0.3, 0.4) is 0 Å². The molecular formula is C16H18N2O3S. The van der Waals surface area contributed by atoms with E-state index in [2.05, 4.69) is 10.0 Å². The van der Waals surface area contributed by atoms with Crippen molar-refractivity contribution in [1.82, 2.24) is 5.32 Å². The second-order valence-electron chi connectivity index (χ2n) is 5.24. The van der Waals surface area contributed by atoms with E-state index in [9.17, 15) is 8.42 Å². The van der Waals surface area contributed by atoms with Gasteiger partial charge in [-0.2, -0.15) is 0 Å². The minimum absolute atomic E-state index is 0.555. The number of rotatable bonds is 3. The second kappa shape index (κ2) is 5.98. The normalized spacial score (nSPS) is 14.6. The number of hydrogen-bond acceptors (Lipinski definition) is 4. The fraction of sp³-hybridized carbons (Fsp3) is 0.250. The summed E-state index contributed by atoms with van der Waals surface area (Å²) in [4.78, 5) is 0. The highest BCUT2D eigenvalue weighted by molar-refractivity contribution is 7.92. The topological polar surface area (TPSA) is 67.4 Å². The molecule has 0 spiro atoms. The number of para-hydroxylation sites is 2. The second-order valence-corrected chi connectivity index (χ2v) is 6.99. The summed E-state index contributed by atoms with van der Waals surface area (Å²) in [6.07, 6.45) is 1.15. The predicted molar refractivity (Wildman–Crippen MR) is 87.5 cm³/mol. The van der Waals surface area contributed by atoms with Crippen molar-refractivity contribution in [2.45, 2.75) is 6.54 Å². The van der Waals surface area contributed by atoms with Crippen molar-refractivity contribution in [2.24, 2.45) is 0 Å². The van der Waals surface area contributed by atoms with E-state index in [1.807, 2.05) is 30.3 Å². The van der Waals surface area contributed by atoms with Crippen LogP contribution >= 0.6 is 0 Å². The van der Waals surface area contributed by atoms with Gasteiger partial charge in [0.1, 0.15) is 12.4 Å². The maximum Gasteiger partial charge on any atom is 0.229 e. The number of benzene rings is 2. The molecule has 0 amide bonds. The maximum atomic E-state index is 11.6. The van der Waals surface area contributed by atoms with Crippen LogP contribution in [-0.2, 0) is 16.6 Å². The van der Waals surface area contributed by atoms with Gasteiger partial charge in [0.25, 0.3) is 0 Å². The zero-order valence-corrected chi connectivity index (χ0v) is 13.1. The smallest absolute Gasteiger partial charge is 0.229 e. The van der Waals surface area contributed by atoms with Crippen LogP contribution in [0.5, 0.6) is 5.75 Å². The van der Waals surface area contributed by atoms with E-state index in [4.69, 9.17) is 4.74 Å². The molecule has 2 aromatic rings. The Bertz CT molecular complexity index is 788. The van der Waals surface area contributed by atoms with E-state index in [0.29, 0.717) is 12.3 Å². The van der Waals surface area contributed by atoms with Crippen LogP contribution in [0.2, 0.25) is 0 Å². The molecule has 0 radical (unpaired) electrons. The third-order valence-corrected chi connectivity index (χ3v) is 4.04. The van der Waals surface area contributed by atoms with Crippen molar-refractivity contribution in [3.8, 4) is 16.9 Å². The average molecular weight is 318 g/mol. The standard InChI is InChI=1S/C16H18N2O3S/c1-22(19,20)18-15-8-3-2-6-13(15)14-7-4-5-12-11-17-9-10-21-16(12)14/h2-8,17-18H,9-11H2,1H3. The summed E-state index contributed by atoms with van der Waals surface area (Å²) in [6.45, 7) is 2.12. The van der Waals surface area contributed by atoms with Crippen molar-refractivity contribution in [3.05, 3.63) is 48.0 Å². The molecule has 1 heterocycles. The van der Waals surface area contributed by atoms with E-state index in [1.54, 1.807) is 12.1 Å². The summed E-state index contributed by atoms with van der Waals surface area (Å²) in [7, 11) is -3.34. The first-order chi connectivity index (χ1) is 10.5. The van der Waals surface area contributed by atoms with E-state index in [1.165, 1.54) is 0 Å². The quantitative estimate of drug-likeness (QED) is 0.910. The molecule has 1 aliphatic heterocycles. The van der Waals surface area contributed by atoms with E-state index in [-0.39, 0.29) is 0 Å². The first-order valence-corrected chi connectivity index (χ1v) is 8.96. The van der Waals surface area contributed by atoms with Gasteiger partial charge in [0.05, 0.1) is 11.9 Å². The molecule has 116 valence electrons. The molecule has 2 aromatic carbocycles. The highest BCUT2D eigenvalue weighted by Gasteiger charge is 2.17. The number of fused-ring (bicyclic) bond motifs is 1. The van der Waals surface area contributed by atoms with Gasteiger partial charge in [-0.1, -0.05) is 36.4 Å². The lowest BCUT2D eigenvalue weighted by Crippen LogP contribution is -2.16. The molecule has 2 N–H and O–H groups in total. The molecule has 1 aliphatic rings. The monoisotopic (exact) mass is 318 g/mol. The lowest BCUT2D eigenvalue weighted by molar-refractivity contribution is 0.327. The minimum Gasteiger partial charge on any atom is -0.491 e. The molecular weight excluding hydrogens is 300 g/mol. The fourth-order valence-electron chi connectivity index (χ4n) is 2.56. The summed E-state index contributed by atoms with van der Waals surface area (Å²) < 4.78 is 31.6. The highest BCUT2D eigenvalue weighted by atomic mass is 32.2. The Morgan fingerprint density at radius 3 is 2.68 bits per heavy atom. The predicted octanol–water partition coefficient (Wildman–Crippen LogP) is 2.21. The van der Waals surface area contributed by atoms with Gasteiger partial charge in [-0.05, 0) is 6.07 Å². The van der Waals surface area contributed by atoms with Crippen molar-refractivity contribution < 1.29 is 13.2 Å². The first kappa shape index (κ1) is 14.9. The fourth-order valence-corrected chi connectivity index (χ4v) is 3.14. The maximum absolute atomic E-state index is 11.6. The van der Waals surface area contributed by atoms with Gasteiger partial charge < -0.3 is 10.1 Å². The average Bonchev–Trinajstić information content (AvgIpc) is 2.71. The van der Waals surface area contributed by atoms with Gasteiger partial charge in [-0.25, -0.2) is 8.42 Å². The summed E-state index contributed by atoms with van der Waals surface area (Å²) in [5.74, 6) is 0.815. The summed E-state index contributed by atoms with van der Waals surface area (Å²) in [5, 5.41) is 3.30. The van der Waals surface area contributed by atoms with Crippen LogP contribution in [0.1, 0.15) is 5.56 Å². The van der Waals surface area contributed by atoms with Gasteiger partial charge in [0.2, 0.25) is 10.0 Å². The molecule has 3 rings (SSSR count). The SMILES string of the molecule is CS(=O)(=O)Nc1ccccc1-c1cccc2c1OCCNC2. The van der Waals surface area contributed by atoms with Gasteiger partial charge in [0.15, 0.2) is 0 Å². The Morgan fingerprint density at radius 1 is 1.09 bits per heavy atom.